The summed E-state index contributed by atoms with van der Waals surface area (Å²) < 4.78 is 9.24. The van der Waals surface area contributed by atoms with Gasteiger partial charge in [-0.25, -0.2) is 0 Å². The molecule has 0 radical (unpaired) electrons. The van der Waals surface area contributed by atoms with Crippen LogP contribution in [0.25, 0.3) is 0 Å². The molecule has 0 rings (SSSR count). The quantitative estimate of drug-likeness (QED) is 0.445. The summed E-state index contributed by atoms with van der Waals surface area (Å²) >= 11 is 5.80. The first-order valence-electron chi connectivity index (χ1n) is 3.11. The van der Waals surface area contributed by atoms with Crippen LogP contribution in [-0.4, -0.2) is 28.9 Å². The number of esters is 2. The molecule has 0 N–H and O–H groups in total. The molecule has 0 atom stereocenters. The molecule has 0 aromatic heterocycles. The van der Waals surface area contributed by atoms with Crippen LogP contribution in [0.5, 0.6) is 0 Å². The van der Waals surface area contributed by atoms with Crippen LogP contribution in [0, 0.1) is 0 Å². The summed E-state index contributed by atoms with van der Waals surface area (Å²) in [6, 6.07) is 0. The Hall–Kier alpha value is -0.100. The number of hydrogen-bond donors (Lipinski definition) is 0. The van der Waals surface area contributed by atoms with Gasteiger partial charge in [-0.05, 0) is 0 Å². The van der Waals surface area contributed by atoms with E-state index in [9.17, 15) is 9.59 Å². The molecule has 0 aliphatic rings. The number of alkyl halides is 2. The van der Waals surface area contributed by atoms with Gasteiger partial charge >= 0.3 is 11.9 Å². The molecule has 0 unspecified atom stereocenters. The maximum Gasteiger partial charge on any atom is 0.319 e. The first-order chi connectivity index (χ1) is 5.60. The number of hydrogen-bond acceptors (Lipinski definition) is 4. The lowest BCUT2D eigenvalue weighted by molar-refractivity contribution is -0.180. The monoisotopic (exact) mass is 302 g/mol. The number of rotatable bonds is 4. The molecule has 0 saturated heterocycles. The van der Waals surface area contributed by atoms with Crippen molar-refractivity contribution in [1.82, 2.24) is 0 Å². The van der Waals surface area contributed by atoms with Crippen LogP contribution in [0.15, 0.2) is 0 Å². The van der Waals surface area contributed by atoms with Crippen LogP contribution >= 0.6 is 31.9 Å². The van der Waals surface area contributed by atoms with E-state index in [0.29, 0.717) is 0 Å². The first kappa shape index (κ1) is 11.9. The molecule has 0 fully saturated rings. The molecule has 0 aliphatic heterocycles. The average Bonchev–Trinajstić information content (AvgIpc) is 2.03. The van der Waals surface area contributed by atoms with Gasteiger partial charge in [0.25, 0.3) is 0 Å². The third kappa shape index (κ3) is 5.54. The van der Waals surface area contributed by atoms with Crippen molar-refractivity contribution in [2.75, 3.05) is 10.7 Å². The van der Waals surface area contributed by atoms with Crippen LogP contribution < -0.4 is 0 Å². The van der Waals surface area contributed by atoms with E-state index in [1.807, 2.05) is 0 Å². The van der Waals surface area contributed by atoms with Gasteiger partial charge in [0.15, 0.2) is 0 Å². The van der Waals surface area contributed by atoms with Gasteiger partial charge in [-0.15, -0.1) is 0 Å². The Labute approximate surface area is 86.8 Å². The van der Waals surface area contributed by atoms with Crippen LogP contribution in [0.1, 0.15) is 6.92 Å². The highest BCUT2D eigenvalue weighted by molar-refractivity contribution is 9.09. The molecule has 4 nitrogen and oxygen atoms in total. The largest absolute Gasteiger partial charge is 0.425 e. The Morgan fingerprint density at radius 1 is 1.17 bits per heavy atom. The van der Waals surface area contributed by atoms with E-state index in [1.165, 1.54) is 6.92 Å². The fraction of sp³-hybridized carbons (Fsp3) is 0.667. The SMILES string of the molecule is CC(OC(=O)CBr)OC(=O)CBr. The molecule has 0 aromatic rings. The highest BCUT2D eigenvalue weighted by Crippen LogP contribution is 1.98. The zero-order valence-electron chi connectivity index (χ0n) is 6.38. The van der Waals surface area contributed by atoms with E-state index in [1.54, 1.807) is 0 Å². The van der Waals surface area contributed by atoms with Gasteiger partial charge in [0.2, 0.25) is 6.29 Å². The van der Waals surface area contributed by atoms with Crippen molar-refractivity contribution in [3.8, 4) is 0 Å². The molecule has 0 aromatic carbocycles. The fourth-order valence-corrected chi connectivity index (χ4v) is 0.722. The van der Waals surface area contributed by atoms with E-state index < -0.39 is 18.2 Å². The second-order valence-corrected chi connectivity index (χ2v) is 2.94. The lowest BCUT2D eigenvalue weighted by Crippen LogP contribution is -2.22. The van der Waals surface area contributed by atoms with Crippen molar-refractivity contribution in [3.05, 3.63) is 0 Å². The zero-order chi connectivity index (χ0) is 9.56. The summed E-state index contributed by atoms with van der Waals surface area (Å²) in [5.74, 6) is -0.935. The number of carbonyl (C=O) groups excluding carboxylic acids is 2. The van der Waals surface area contributed by atoms with E-state index >= 15 is 0 Å². The van der Waals surface area contributed by atoms with Gasteiger partial charge in [-0.1, -0.05) is 31.9 Å². The molecule has 0 aliphatic carbocycles. The number of carbonyl (C=O) groups is 2. The van der Waals surface area contributed by atoms with Crippen molar-refractivity contribution in [3.63, 3.8) is 0 Å². The number of ether oxygens (including phenoxy) is 2. The zero-order valence-corrected chi connectivity index (χ0v) is 9.55. The smallest absolute Gasteiger partial charge is 0.319 e. The second kappa shape index (κ2) is 6.42. The fourth-order valence-electron chi connectivity index (χ4n) is 0.457. The molecule has 0 spiro atoms. The Morgan fingerprint density at radius 3 is 1.75 bits per heavy atom. The normalized spacial score (nSPS) is 9.67. The summed E-state index contributed by atoms with van der Waals surface area (Å²) in [4.78, 5) is 21.2. The first-order valence-corrected chi connectivity index (χ1v) is 5.35. The Bertz CT molecular complexity index is 153. The molecule has 12 heavy (non-hydrogen) atoms. The standard InChI is InChI=1S/C6H8Br2O4/c1-4(11-5(9)2-7)12-6(10)3-8/h4H,2-3H2,1H3. The Balaban J connectivity index is 3.66. The van der Waals surface area contributed by atoms with Crippen LogP contribution in [0.2, 0.25) is 0 Å². The van der Waals surface area contributed by atoms with Crippen molar-refractivity contribution in [1.29, 1.82) is 0 Å². The lowest BCUT2D eigenvalue weighted by atomic mass is 10.7. The van der Waals surface area contributed by atoms with Gasteiger partial charge in [0, 0.05) is 6.92 Å². The molecule has 0 amide bonds. The van der Waals surface area contributed by atoms with Crippen molar-refractivity contribution in [2.24, 2.45) is 0 Å². The van der Waals surface area contributed by atoms with Gasteiger partial charge < -0.3 is 9.47 Å². The topological polar surface area (TPSA) is 52.6 Å². The minimum atomic E-state index is -0.833. The maximum atomic E-state index is 10.6. The molecule has 6 heteroatoms. The molecule has 0 saturated carbocycles. The summed E-state index contributed by atoms with van der Waals surface area (Å²) in [6.07, 6.45) is -0.833. The maximum absolute atomic E-state index is 10.6. The van der Waals surface area contributed by atoms with Gasteiger partial charge in [0.1, 0.15) is 10.7 Å². The van der Waals surface area contributed by atoms with Crippen LogP contribution in [0.4, 0.5) is 0 Å². The minimum absolute atomic E-state index is 0.0865. The molecular formula is C6H8Br2O4. The Kier molecular flexibility index (Phi) is 6.37. The second-order valence-electron chi connectivity index (χ2n) is 1.81. The van der Waals surface area contributed by atoms with Crippen LogP contribution in [-0.2, 0) is 19.1 Å². The minimum Gasteiger partial charge on any atom is -0.425 e. The van der Waals surface area contributed by atoms with Gasteiger partial charge in [0.05, 0.1) is 0 Å². The van der Waals surface area contributed by atoms with Crippen LogP contribution in [0.3, 0.4) is 0 Å². The summed E-state index contributed by atoms with van der Waals surface area (Å²) in [5, 5.41) is 0.173. The third-order valence-electron chi connectivity index (χ3n) is 0.813. The molecule has 0 heterocycles. The number of halogens is 2. The average molecular weight is 304 g/mol. The highest BCUT2D eigenvalue weighted by atomic mass is 79.9. The Morgan fingerprint density at radius 2 is 1.50 bits per heavy atom. The van der Waals surface area contributed by atoms with E-state index in [4.69, 9.17) is 0 Å². The van der Waals surface area contributed by atoms with E-state index in [2.05, 4.69) is 41.3 Å². The van der Waals surface area contributed by atoms with Crippen molar-refractivity contribution in [2.45, 2.75) is 13.2 Å². The summed E-state index contributed by atoms with van der Waals surface area (Å²) in [6.45, 7) is 1.47. The predicted octanol–water partition coefficient (Wildman–Crippen LogP) is 1.21. The summed E-state index contributed by atoms with van der Waals surface area (Å²) in [7, 11) is 0. The van der Waals surface area contributed by atoms with Crippen molar-refractivity contribution < 1.29 is 19.1 Å². The van der Waals surface area contributed by atoms with Crippen molar-refractivity contribution >= 4 is 43.8 Å². The lowest BCUT2D eigenvalue weighted by Gasteiger charge is -2.11. The highest BCUT2D eigenvalue weighted by Gasteiger charge is 2.11. The summed E-state index contributed by atoms with van der Waals surface area (Å²) in [5.41, 5.74) is 0. The third-order valence-corrected chi connectivity index (χ3v) is 1.73. The molecular weight excluding hydrogens is 296 g/mol. The molecule has 0 bridgehead atoms. The van der Waals surface area contributed by atoms with Gasteiger partial charge in [-0.2, -0.15) is 0 Å². The molecule has 70 valence electrons. The predicted molar refractivity (Wildman–Crippen MR) is 49.2 cm³/mol. The van der Waals surface area contributed by atoms with E-state index in [0.717, 1.165) is 0 Å². The van der Waals surface area contributed by atoms with Gasteiger partial charge in [-0.3, -0.25) is 9.59 Å². The van der Waals surface area contributed by atoms with E-state index in [-0.39, 0.29) is 10.7 Å².